The normalized spacial score (nSPS) is 12.4. The van der Waals surface area contributed by atoms with Crippen molar-refractivity contribution in [2.45, 2.75) is 65.6 Å². The molecule has 0 heterocycles. The zero-order valence-corrected chi connectivity index (χ0v) is 21.5. The molecule has 0 aromatic heterocycles. The van der Waals surface area contributed by atoms with E-state index in [4.69, 9.17) is 14.2 Å². The number of carbonyl (C=O) groups excluding carboxylic acids is 2. The molecule has 0 saturated heterocycles. The Kier molecular flexibility index (Phi) is 11.5. The average molecular weight is 483 g/mol. The maximum Gasteiger partial charge on any atom is 0.338 e. The SMILES string of the molecule is CCC(CC)CC(O)CC/C=C(\C)c1cccc(OCc2ccc(C(=O)OC)c(C(=O)OC)c2)c1. The van der Waals surface area contributed by atoms with Crippen molar-refractivity contribution in [1.82, 2.24) is 0 Å². The van der Waals surface area contributed by atoms with Gasteiger partial charge in [-0.15, -0.1) is 0 Å². The fraction of sp³-hybridized carbons (Fsp3) is 0.448. The molecule has 35 heavy (non-hydrogen) atoms. The summed E-state index contributed by atoms with van der Waals surface area (Å²) in [6.07, 6.45) is 6.54. The van der Waals surface area contributed by atoms with E-state index in [1.54, 1.807) is 12.1 Å². The van der Waals surface area contributed by atoms with Crippen LogP contribution in [0.1, 0.15) is 84.7 Å². The molecule has 0 amide bonds. The van der Waals surface area contributed by atoms with E-state index in [2.05, 4.69) is 26.8 Å². The van der Waals surface area contributed by atoms with Crippen LogP contribution in [0.2, 0.25) is 0 Å². The van der Waals surface area contributed by atoms with E-state index in [1.165, 1.54) is 20.3 Å². The smallest absolute Gasteiger partial charge is 0.338 e. The van der Waals surface area contributed by atoms with Gasteiger partial charge in [-0.25, -0.2) is 9.59 Å². The third-order valence-electron chi connectivity index (χ3n) is 6.30. The second-order valence-electron chi connectivity index (χ2n) is 8.72. The van der Waals surface area contributed by atoms with E-state index < -0.39 is 11.9 Å². The predicted octanol–water partition coefficient (Wildman–Crippen LogP) is 6.21. The maximum atomic E-state index is 12.1. The van der Waals surface area contributed by atoms with Crippen molar-refractivity contribution in [2.75, 3.05) is 14.2 Å². The van der Waals surface area contributed by atoms with Gasteiger partial charge in [-0.2, -0.15) is 0 Å². The van der Waals surface area contributed by atoms with Crippen LogP contribution in [0, 0.1) is 5.92 Å². The molecule has 0 spiro atoms. The van der Waals surface area contributed by atoms with Crippen LogP contribution in [0.4, 0.5) is 0 Å². The molecule has 0 bridgehead atoms. The summed E-state index contributed by atoms with van der Waals surface area (Å²) in [7, 11) is 2.53. The van der Waals surface area contributed by atoms with E-state index in [9.17, 15) is 14.7 Å². The maximum absolute atomic E-state index is 12.1. The first-order chi connectivity index (χ1) is 16.8. The van der Waals surface area contributed by atoms with E-state index in [0.29, 0.717) is 11.7 Å². The number of esters is 2. The lowest BCUT2D eigenvalue weighted by Crippen LogP contribution is -2.12. The van der Waals surface area contributed by atoms with Gasteiger partial charge in [-0.05, 0) is 73.1 Å². The van der Waals surface area contributed by atoms with Gasteiger partial charge in [-0.1, -0.05) is 51.0 Å². The number of aliphatic hydroxyl groups excluding tert-OH is 1. The molecule has 0 aliphatic carbocycles. The van der Waals surface area contributed by atoms with Gasteiger partial charge in [0.2, 0.25) is 0 Å². The Hall–Kier alpha value is -3.12. The molecule has 0 aliphatic rings. The molecule has 2 aromatic carbocycles. The van der Waals surface area contributed by atoms with Gasteiger partial charge in [-0.3, -0.25) is 0 Å². The molecule has 0 fully saturated rings. The van der Waals surface area contributed by atoms with E-state index in [1.807, 2.05) is 24.3 Å². The second-order valence-corrected chi connectivity index (χ2v) is 8.72. The largest absolute Gasteiger partial charge is 0.489 e. The van der Waals surface area contributed by atoms with Gasteiger partial charge in [0.1, 0.15) is 12.4 Å². The Morgan fingerprint density at radius 2 is 1.66 bits per heavy atom. The van der Waals surface area contributed by atoms with E-state index >= 15 is 0 Å². The van der Waals surface area contributed by atoms with Crippen LogP contribution in [0.15, 0.2) is 48.5 Å². The van der Waals surface area contributed by atoms with Gasteiger partial charge < -0.3 is 19.3 Å². The molecule has 2 rings (SSSR count). The Labute approximate surface area is 208 Å². The minimum Gasteiger partial charge on any atom is -0.489 e. The van der Waals surface area contributed by atoms with Crippen LogP contribution in [0.3, 0.4) is 0 Å². The molecule has 6 heteroatoms. The molecule has 1 N–H and O–H groups in total. The summed E-state index contributed by atoms with van der Waals surface area (Å²) >= 11 is 0. The zero-order chi connectivity index (χ0) is 25.8. The molecule has 0 radical (unpaired) electrons. The van der Waals surface area contributed by atoms with E-state index in [-0.39, 0.29) is 23.8 Å². The lowest BCUT2D eigenvalue weighted by Gasteiger charge is -2.16. The molecule has 190 valence electrons. The fourth-order valence-corrected chi connectivity index (χ4v) is 3.98. The zero-order valence-electron chi connectivity index (χ0n) is 21.5. The number of hydrogen-bond donors (Lipinski definition) is 1. The summed E-state index contributed by atoms with van der Waals surface area (Å²) in [5, 5.41) is 10.3. The third-order valence-corrected chi connectivity index (χ3v) is 6.30. The highest BCUT2D eigenvalue weighted by molar-refractivity contribution is 6.03. The molecule has 6 nitrogen and oxygen atoms in total. The highest BCUT2D eigenvalue weighted by Gasteiger charge is 2.19. The average Bonchev–Trinajstić information content (AvgIpc) is 2.89. The number of aliphatic hydroxyl groups is 1. The number of hydrogen-bond acceptors (Lipinski definition) is 6. The molecule has 0 saturated carbocycles. The summed E-state index contributed by atoms with van der Waals surface area (Å²) in [6, 6.07) is 12.7. The number of carbonyl (C=O) groups is 2. The van der Waals surface area contributed by atoms with Crippen molar-refractivity contribution in [3.63, 3.8) is 0 Å². The number of methoxy groups -OCH3 is 2. The van der Waals surface area contributed by atoms with Crippen molar-refractivity contribution in [3.8, 4) is 5.75 Å². The number of benzene rings is 2. The van der Waals surface area contributed by atoms with Gasteiger partial charge in [0.25, 0.3) is 0 Å². The first-order valence-corrected chi connectivity index (χ1v) is 12.2. The number of ether oxygens (including phenoxy) is 3. The molecule has 1 atom stereocenters. The Morgan fingerprint density at radius 1 is 0.971 bits per heavy atom. The van der Waals surface area contributed by atoms with Crippen LogP contribution >= 0.6 is 0 Å². The minimum atomic E-state index is -0.611. The van der Waals surface area contributed by atoms with Crippen LogP contribution in [0.25, 0.3) is 5.57 Å². The topological polar surface area (TPSA) is 82.1 Å². The minimum absolute atomic E-state index is 0.138. The predicted molar refractivity (Wildman–Crippen MR) is 137 cm³/mol. The van der Waals surface area contributed by atoms with Crippen LogP contribution in [-0.2, 0) is 16.1 Å². The molecule has 1 unspecified atom stereocenters. The van der Waals surface area contributed by atoms with Gasteiger partial charge in [0, 0.05) is 0 Å². The molecule has 2 aromatic rings. The number of allylic oxidation sites excluding steroid dienone is 2. The van der Waals surface area contributed by atoms with Crippen LogP contribution in [-0.4, -0.2) is 37.4 Å². The van der Waals surface area contributed by atoms with Crippen molar-refractivity contribution in [3.05, 3.63) is 70.8 Å². The van der Waals surface area contributed by atoms with Gasteiger partial charge >= 0.3 is 11.9 Å². The summed E-state index contributed by atoms with van der Waals surface area (Å²) in [6.45, 7) is 6.63. The van der Waals surface area contributed by atoms with Gasteiger partial charge in [0.05, 0.1) is 31.5 Å². The summed E-state index contributed by atoms with van der Waals surface area (Å²) < 4.78 is 15.5. The van der Waals surface area contributed by atoms with E-state index in [0.717, 1.165) is 48.8 Å². The lowest BCUT2D eigenvalue weighted by molar-refractivity contribution is 0.0555. The summed E-state index contributed by atoms with van der Waals surface area (Å²) in [5.41, 5.74) is 3.19. The van der Waals surface area contributed by atoms with Crippen molar-refractivity contribution < 1.29 is 28.9 Å². The van der Waals surface area contributed by atoms with Gasteiger partial charge in [0.15, 0.2) is 0 Å². The fourth-order valence-electron chi connectivity index (χ4n) is 3.98. The summed E-state index contributed by atoms with van der Waals surface area (Å²) in [5.74, 6) is 0.0703. The van der Waals surface area contributed by atoms with Crippen molar-refractivity contribution in [2.24, 2.45) is 5.92 Å². The first kappa shape index (κ1) is 28.1. The second kappa shape index (κ2) is 14.3. The standard InChI is InChI=1S/C29H38O6/c1-6-21(7-2)16-24(30)12-8-10-20(3)23-11-9-13-25(18-23)35-19-22-14-15-26(28(31)33-4)27(17-22)29(32)34-5/h9-11,13-15,17-18,21,24,30H,6-8,12,16,19H2,1-5H3/b20-10+. The lowest BCUT2D eigenvalue weighted by atomic mass is 9.94. The van der Waals surface area contributed by atoms with Crippen molar-refractivity contribution >= 4 is 17.5 Å². The third kappa shape index (κ3) is 8.55. The Bertz CT molecular complexity index is 1010. The first-order valence-electron chi connectivity index (χ1n) is 12.2. The molecular formula is C29H38O6. The monoisotopic (exact) mass is 482 g/mol. The highest BCUT2D eigenvalue weighted by Crippen LogP contribution is 2.23. The Balaban J connectivity index is 2.03. The molecule has 0 aliphatic heterocycles. The quantitative estimate of drug-likeness (QED) is 0.342. The summed E-state index contributed by atoms with van der Waals surface area (Å²) in [4.78, 5) is 24.1. The number of rotatable bonds is 13. The molecular weight excluding hydrogens is 444 g/mol. The van der Waals surface area contributed by atoms with Crippen LogP contribution in [0.5, 0.6) is 5.75 Å². The van der Waals surface area contributed by atoms with Crippen molar-refractivity contribution in [1.29, 1.82) is 0 Å². The van der Waals surface area contributed by atoms with Crippen LogP contribution < -0.4 is 4.74 Å². The Morgan fingerprint density at radius 3 is 2.31 bits per heavy atom. The highest BCUT2D eigenvalue weighted by atomic mass is 16.5.